The summed E-state index contributed by atoms with van der Waals surface area (Å²) in [5.41, 5.74) is -0.670. The van der Waals surface area contributed by atoms with E-state index in [0.717, 1.165) is 6.07 Å². The van der Waals surface area contributed by atoms with Crippen molar-refractivity contribution in [2.75, 3.05) is 0 Å². The van der Waals surface area contributed by atoms with Gasteiger partial charge in [-0.2, -0.15) is 13.2 Å². The molecular weight excluding hydrogens is 331 g/mol. The van der Waals surface area contributed by atoms with Crippen LogP contribution in [0.2, 0.25) is 0 Å². The van der Waals surface area contributed by atoms with E-state index in [1.807, 2.05) is 5.38 Å². The average molecular weight is 341 g/mol. The first kappa shape index (κ1) is 15.4. The van der Waals surface area contributed by atoms with Gasteiger partial charge in [-0.05, 0) is 13.0 Å². The van der Waals surface area contributed by atoms with Crippen molar-refractivity contribution < 1.29 is 18.0 Å². The first-order valence-electron chi connectivity index (χ1n) is 6.45. The van der Waals surface area contributed by atoms with E-state index in [4.69, 9.17) is 0 Å². The molecule has 6 nitrogen and oxygen atoms in total. The van der Waals surface area contributed by atoms with Crippen LogP contribution in [0.15, 0.2) is 23.8 Å². The molecule has 1 amide bonds. The van der Waals surface area contributed by atoms with E-state index in [-0.39, 0.29) is 23.8 Å². The number of hydrogen-bond donors (Lipinski definition) is 1. The van der Waals surface area contributed by atoms with Crippen LogP contribution in [-0.2, 0) is 12.7 Å². The zero-order valence-electron chi connectivity index (χ0n) is 11.8. The molecule has 0 aliphatic carbocycles. The molecule has 120 valence electrons. The zero-order chi connectivity index (χ0) is 16.6. The van der Waals surface area contributed by atoms with Crippen molar-refractivity contribution in [2.24, 2.45) is 0 Å². The second-order valence-corrected chi connectivity index (χ2v) is 5.58. The Morgan fingerprint density at radius 2 is 2.13 bits per heavy atom. The summed E-state index contributed by atoms with van der Waals surface area (Å²) in [7, 11) is 0. The number of halogens is 3. The predicted octanol–water partition coefficient (Wildman–Crippen LogP) is 2.44. The summed E-state index contributed by atoms with van der Waals surface area (Å²) in [4.78, 5) is 24.1. The average Bonchev–Trinajstić information content (AvgIpc) is 3.04. The molecule has 1 N–H and O–H groups in total. The van der Waals surface area contributed by atoms with E-state index in [9.17, 15) is 18.0 Å². The molecule has 3 aromatic heterocycles. The van der Waals surface area contributed by atoms with Gasteiger partial charge in [0, 0.05) is 23.5 Å². The molecule has 0 aliphatic heterocycles. The number of nitrogens with zero attached hydrogens (tertiary/aromatic N) is 4. The number of amides is 1. The lowest BCUT2D eigenvalue weighted by molar-refractivity contribution is -0.141. The molecule has 10 heteroatoms. The number of carbonyl (C=O) groups excluding carboxylic acids is 1. The zero-order valence-corrected chi connectivity index (χ0v) is 12.6. The number of rotatable bonds is 3. The number of fused-ring (bicyclic) bond motifs is 1. The third kappa shape index (κ3) is 3.31. The Balaban J connectivity index is 1.74. The molecule has 0 radical (unpaired) electrons. The van der Waals surface area contributed by atoms with Crippen molar-refractivity contribution in [1.29, 1.82) is 0 Å². The molecule has 0 fully saturated rings. The molecule has 23 heavy (non-hydrogen) atoms. The van der Waals surface area contributed by atoms with Crippen molar-refractivity contribution in [3.63, 3.8) is 0 Å². The Bertz CT molecular complexity index is 841. The first-order chi connectivity index (χ1) is 10.8. The number of aromatic nitrogens is 4. The highest BCUT2D eigenvalue weighted by molar-refractivity contribution is 7.15. The lowest BCUT2D eigenvalue weighted by Gasteiger charge is -2.09. The van der Waals surface area contributed by atoms with Gasteiger partial charge in [0.15, 0.2) is 4.96 Å². The summed E-state index contributed by atoms with van der Waals surface area (Å²) in [6.07, 6.45) is -1.26. The number of thiazole rings is 1. The minimum Gasteiger partial charge on any atom is -0.343 e. The van der Waals surface area contributed by atoms with Gasteiger partial charge in [-0.25, -0.2) is 15.0 Å². The molecule has 0 aromatic carbocycles. The normalized spacial score (nSPS) is 11.8. The molecular formula is C13H10F3N5OS. The Kier molecular flexibility index (Phi) is 3.76. The maximum absolute atomic E-state index is 12.7. The Morgan fingerprint density at radius 3 is 2.83 bits per heavy atom. The van der Waals surface area contributed by atoms with Crippen LogP contribution in [0.1, 0.15) is 27.7 Å². The van der Waals surface area contributed by atoms with Gasteiger partial charge in [0.1, 0.15) is 17.2 Å². The first-order valence-corrected chi connectivity index (χ1v) is 7.33. The topological polar surface area (TPSA) is 72.2 Å². The van der Waals surface area contributed by atoms with Gasteiger partial charge in [0.05, 0.1) is 6.54 Å². The van der Waals surface area contributed by atoms with E-state index in [1.54, 1.807) is 16.8 Å². The molecule has 0 spiro atoms. The monoisotopic (exact) mass is 341 g/mol. The molecule has 0 unspecified atom stereocenters. The SMILES string of the molecule is Cc1cc(C(F)(F)F)nc(CNC(=O)c2cn3ccsc3n2)n1. The number of aryl methyl sites for hydroxylation is 1. The summed E-state index contributed by atoms with van der Waals surface area (Å²) in [6.45, 7) is 1.22. The third-order valence-electron chi connectivity index (χ3n) is 2.92. The lowest BCUT2D eigenvalue weighted by atomic mass is 10.3. The van der Waals surface area contributed by atoms with Crippen molar-refractivity contribution in [2.45, 2.75) is 19.6 Å². The lowest BCUT2D eigenvalue weighted by Crippen LogP contribution is -2.25. The van der Waals surface area contributed by atoms with Gasteiger partial charge in [0.2, 0.25) is 0 Å². The van der Waals surface area contributed by atoms with Crippen molar-refractivity contribution in [3.8, 4) is 0 Å². The van der Waals surface area contributed by atoms with Gasteiger partial charge in [-0.1, -0.05) is 0 Å². The van der Waals surface area contributed by atoms with Gasteiger partial charge < -0.3 is 5.32 Å². The Morgan fingerprint density at radius 1 is 1.35 bits per heavy atom. The van der Waals surface area contributed by atoms with E-state index in [0.29, 0.717) is 4.96 Å². The van der Waals surface area contributed by atoms with Crippen LogP contribution >= 0.6 is 11.3 Å². The summed E-state index contributed by atoms with van der Waals surface area (Å²) < 4.78 is 39.8. The molecule has 3 aromatic rings. The van der Waals surface area contributed by atoms with Gasteiger partial charge in [-0.15, -0.1) is 11.3 Å². The summed E-state index contributed by atoms with van der Waals surface area (Å²) in [5, 5.41) is 4.29. The van der Waals surface area contributed by atoms with Crippen molar-refractivity contribution in [1.82, 2.24) is 24.7 Å². The smallest absolute Gasteiger partial charge is 0.343 e. The maximum Gasteiger partial charge on any atom is 0.433 e. The molecule has 0 aliphatic rings. The number of alkyl halides is 3. The quantitative estimate of drug-likeness (QED) is 0.794. The largest absolute Gasteiger partial charge is 0.433 e. The van der Waals surface area contributed by atoms with Crippen molar-refractivity contribution in [3.05, 3.63) is 46.7 Å². The number of carbonyl (C=O) groups is 1. The molecule has 3 heterocycles. The van der Waals surface area contributed by atoms with Gasteiger partial charge in [-0.3, -0.25) is 9.20 Å². The highest BCUT2D eigenvalue weighted by Crippen LogP contribution is 2.27. The van der Waals surface area contributed by atoms with Crippen LogP contribution in [0, 0.1) is 6.92 Å². The van der Waals surface area contributed by atoms with E-state index < -0.39 is 17.8 Å². The van der Waals surface area contributed by atoms with Gasteiger partial charge >= 0.3 is 6.18 Å². The van der Waals surface area contributed by atoms with Crippen LogP contribution in [0.5, 0.6) is 0 Å². The number of imidazole rings is 1. The predicted molar refractivity (Wildman–Crippen MR) is 76.0 cm³/mol. The van der Waals surface area contributed by atoms with Crippen LogP contribution in [0.3, 0.4) is 0 Å². The molecule has 0 bridgehead atoms. The van der Waals surface area contributed by atoms with Crippen LogP contribution < -0.4 is 5.32 Å². The van der Waals surface area contributed by atoms with E-state index in [2.05, 4.69) is 20.3 Å². The fourth-order valence-electron chi connectivity index (χ4n) is 1.94. The minimum atomic E-state index is -4.55. The molecule has 0 atom stereocenters. The van der Waals surface area contributed by atoms with Crippen LogP contribution in [-0.4, -0.2) is 25.3 Å². The fraction of sp³-hybridized carbons (Fsp3) is 0.231. The summed E-state index contributed by atoms with van der Waals surface area (Å²) >= 11 is 1.37. The minimum absolute atomic E-state index is 0.105. The molecule has 3 rings (SSSR count). The molecule has 0 saturated carbocycles. The molecule has 0 saturated heterocycles. The highest BCUT2D eigenvalue weighted by Gasteiger charge is 2.33. The number of hydrogen-bond acceptors (Lipinski definition) is 5. The van der Waals surface area contributed by atoms with Crippen LogP contribution in [0.4, 0.5) is 13.2 Å². The van der Waals surface area contributed by atoms with E-state index in [1.165, 1.54) is 18.3 Å². The van der Waals surface area contributed by atoms with Crippen LogP contribution in [0.25, 0.3) is 4.96 Å². The number of nitrogens with one attached hydrogen (secondary N) is 1. The summed E-state index contributed by atoms with van der Waals surface area (Å²) in [5.74, 6) is -0.605. The standard InChI is InChI=1S/C13H10F3N5OS/c1-7-4-9(13(14,15)16)20-10(18-7)5-17-11(22)8-6-21-2-3-23-12(21)19-8/h2-4,6H,5H2,1H3,(H,17,22). The summed E-state index contributed by atoms with van der Waals surface area (Å²) in [6, 6.07) is 0.856. The third-order valence-corrected chi connectivity index (χ3v) is 3.69. The van der Waals surface area contributed by atoms with Crippen molar-refractivity contribution >= 4 is 22.2 Å². The van der Waals surface area contributed by atoms with Gasteiger partial charge in [0.25, 0.3) is 5.91 Å². The highest BCUT2D eigenvalue weighted by atomic mass is 32.1. The van der Waals surface area contributed by atoms with E-state index >= 15 is 0 Å². The second kappa shape index (κ2) is 5.61. The fourth-order valence-corrected chi connectivity index (χ4v) is 2.64. The Hall–Kier alpha value is -2.49. The maximum atomic E-state index is 12.7. The second-order valence-electron chi connectivity index (χ2n) is 4.71. The Labute approximate surface area is 132 Å².